The lowest BCUT2D eigenvalue weighted by Crippen LogP contribution is -2.43. The van der Waals surface area contributed by atoms with E-state index >= 15 is 0 Å². The molecule has 0 aliphatic rings. The Balaban J connectivity index is 2.27. The van der Waals surface area contributed by atoms with Crippen LogP contribution in [0.3, 0.4) is 0 Å². The van der Waals surface area contributed by atoms with E-state index in [-0.39, 0.29) is 36.4 Å². The SMILES string of the molecule is CC(=O)NCC(=O)NCC(=O)NCC(=O)Oc1ccc([S+](C)C)cc1. The molecule has 136 valence electrons. The third kappa shape index (κ3) is 8.75. The molecule has 3 N–H and O–H groups in total. The average Bonchev–Trinajstić information content (AvgIpc) is 2.56. The molecule has 0 radical (unpaired) electrons. The molecule has 0 aliphatic heterocycles. The minimum atomic E-state index is -0.613. The van der Waals surface area contributed by atoms with Crippen LogP contribution in [0.5, 0.6) is 5.75 Å². The summed E-state index contributed by atoms with van der Waals surface area (Å²) in [4.78, 5) is 46.3. The molecule has 3 amide bonds. The van der Waals surface area contributed by atoms with E-state index in [2.05, 4.69) is 28.5 Å². The number of hydrogen-bond donors (Lipinski definition) is 3. The van der Waals surface area contributed by atoms with Crippen molar-refractivity contribution in [3.63, 3.8) is 0 Å². The van der Waals surface area contributed by atoms with Gasteiger partial charge in [-0.05, 0) is 24.3 Å². The fourth-order valence-corrected chi connectivity index (χ4v) is 2.31. The fourth-order valence-electron chi connectivity index (χ4n) is 1.63. The summed E-state index contributed by atoms with van der Waals surface area (Å²) < 4.78 is 5.10. The zero-order chi connectivity index (χ0) is 18.8. The molecule has 1 aromatic rings. The van der Waals surface area contributed by atoms with Gasteiger partial charge in [0, 0.05) is 17.8 Å². The van der Waals surface area contributed by atoms with Crippen LogP contribution in [0.15, 0.2) is 29.2 Å². The summed E-state index contributed by atoms with van der Waals surface area (Å²) in [6.07, 6.45) is 4.18. The van der Waals surface area contributed by atoms with Crippen LogP contribution < -0.4 is 20.7 Å². The number of amides is 3. The quantitative estimate of drug-likeness (QED) is 0.316. The maximum atomic E-state index is 11.7. The smallest absolute Gasteiger partial charge is 0.330 e. The first kappa shape index (κ1) is 20.5. The minimum Gasteiger partial charge on any atom is -0.425 e. The van der Waals surface area contributed by atoms with Gasteiger partial charge in [0.2, 0.25) is 17.7 Å². The van der Waals surface area contributed by atoms with Crippen molar-refractivity contribution >= 4 is 34.6 Å². The third-order valence-corrected chi connectivity index (χ3v) is 4.12. The van der Waals surface area contributed by atoms with Gasteiger partial charge in [0.05, 0.1) is 13.1 Å². The molecule has 0 saturated heterocycles. The average molecular weight is 368 g/mol. The topological polar surface area (TPSA) is 114 Å². The summed E-state index contributed by atoms with van der Waals surface area (Å²) in [6.45, 7) is 0.462. The Labute approximate surface area is 149 Å². The maximum Gasteiger partial charge on any atom is 0.330 e. The first-order valence-corrected chi connectivity index (χ1v) is 9.48. The summed E-state index contributed by atoms with van der Waals surface area (Å²) in [7, 11) is 0.125. The highest BCUT2D eigenvalue weighted by atomic mass is 32.2. The lowest BCUT2D eigenvalue weighted by Gasteiger charge is -2.08. The van der Waals surface area contributed by atoms with Gasteiger partial charge in [0.15, 0.2) is 4.90 Å². The monoisotopic (exact) mass is 368 g/mol. The number of ether oxygens (including phenoxy) is 1. The summed E-state index contributed by atoms with van der Waals surface area (Å²) in [5.41, 5.74) is 0. The summed E-state index contributed by atoms with van der Waals surface area (Å²) >= 11 is 0. The molecule has 0 aliphatic carbocycles. The Bertz CT molecular complexity index is 631. The molecule has 0 unspecified atom stereocenters. The van der Waals surface area contributed by atoms with E-state index in [1.54, 1.807) is 12.1 Å². The number of benzene rings is 1. The van der Waals surface area contributed by atoms with Crippen LogP contribution >= 0.6 is 0 Å². The van der Waals surface area contributed by atoms with E-state index in [1.807, 2.05) is 12.1 Å². The van der Waals surface area contributed by atoms with Gasteiger partial charge in [0.1, 0.15) is 24.8 Å². The van der Waals surface area contributed by atoms with Gasteiger partial charge in [-0.3, -0.25) is 14.4 Å². The van der Waals surface area contributed by atoms with Crippen LogP contribution in [-0.2, 0) is 30.1 Å². The molecule has 0 saturated carbocycles. The molecule has 1 aromatic carbocycles. The van der Waals surface area contributed by atoms with Gasteiger partial charge in [-0.15, -0.1) is 0 Å². The normalized spacial score (nSPS) is 10.1. The predicted octanol–water partition coefficient (Wildman–Crippen LogP) is -0.803. The molecular weight excluding hydrogens is 346 g/mol. The van der Waals surface area contributed by atoms with Crippen molar-refractivity contribution in [3.05, 3.63) is 24.3 Å². The van der Waals surface area contributed by atoms with Crippen molar-refractivity contribution in [3.8, 4) is 5.75 Å². The number of hydrogen-bond acceptors (Lipinski definition) is 5. The summed E-state index contributed by atoms with van der Waals surface area (Å²) in [5.74, 6) is -1.60. The van der Waals surface area contributed by atoms with E-state index in [9.17, 15) is 19.2 Å². The Morgan fingerprint density at radius 1 is 0.880 bits per heavy atom. The number of carbonyl (C=O) groups is 4. The fraction of sp³-hybridized carbons (Fsp3) is 0.375. The molecule has 0 atom stereocenters. The minimum absolute atomic E-state index is 0.125. The van der Waals surface area contributed by atoms with Crippen LogP contribution in [0.2, 0.25) is 0 Å². The first-order valence-electron chi connectivity index (χ1n) is 7.44. The summed E-state index contributed by atoms with van der Waals surface area (Å²) in [6, 6.07) is 7.17. The van der Waals surface area contributed by atoms with Crippen molar-refractivity contribution in [2.24, 2.45) is 0 Å². The number of carbonyl (C=O) groups excluding carboxylic acids is 4. The Morgan fingerprint density at radius 3 is 1.92 bits per heavy atom. The molecular formula is C16H22N3O5S+. The van der Waals surface area contributed by atoms with Crippen molar-refractivity contribution in [2.45, 2.75) is 11.8 Å². The van der Waals surface area contributed by atoms with Crippen molar-refractivity contribution in [2.75, 3.05) is 32.1 Å². The van der Waals surface area contributed by atoms with Crippen LogP contribution in [0.4, 0.5) is 0 Å². The molecule has 1 rings (SSSR count). The van der Waals surface area contributed by atoms with E-state index in [4.69, 9.17) is 4.74 Å². The highest BCUT2D eigenvalue weighted by molar-refractivity contribution is 7.95. The molecule has 0 heterocycles. The lowest BCUT2D eigenvalue weighted by atomic mass is 10.3. The summed E-state index contributed by atoms with van der Waals surface area (Å²) in [5, 5.41) is 6.95. The van der Waals surface area contributed by atoms with Gasteiger partial charge in [-0.25, -0.2) is 4.79 Å². The van der Waals surface area contributed by atoms with Gasteiger partial charge < -0.3 is 20.7 Å². The van der Waals surface area contributed by atoms with Gasteiger partial charge >= 0.3 is 5.97 Å². The van der Waals surface area contributed by atoms with Gasteiger partial charge in [-0.1, -0.05) is 0 Å². The van der Waals surface area contributed by atoms with Crippen LogP contribution in [0, 0.1) is 0 Å². The molecule has 25 heavy (non-hydrogen) atoms. The lowest BCUT2D eigenvalue weighted by molar-refractivity contribution is -0.135. The highest BCUT2D eigenvalue weighted by Gasteiger charge is 2.11. The molecule has 0 spiro atoms. The van der Waals surface area contributed by atoms with Gasteiger partial charge in [-0.2, -0.15) is 0 Å². The number of nitrogens with one attached hydrogen (secondary N) is 3. The van der Waals surface area contributed by atoms with Gasteiger partial charge in [0.25, 0.3) is 0 Å². The standard InChI is InChI=1S/C16H21N3O5S/c1-11(20)17-8-14(21)18-9-15(22)19-10-16(23)24-12-4-6-13(7-5-12)25(2)3/h4-7H,8-10H2,1-3H3,(H2-,17,18,19,20,21,22)/p+1. The first-order chi connectivity index (χ1) is 11.8. The van der Waals surface area contributed by atoms with Crippen LogP contribution in [-0.4, -0.2) is 55.8 Å². The molecule has 0 fully saturated rings. The zero-order valence-corrected chi connectivity index (χ0v) is 15.2. The molecule has 8 nitrogen and oxygen atoms in total. The number of esters is 1. The second-order valence-electron chi connectivity index (χ2n) is 5.23. The van der Waals surface area contributed by atoms with E-state index in [1.165, 1.54) is 6.92 Å². The molecule has 0 aromatic heterocycles. The van der Waals surface area contributed by atoms with Crippen molar-refractivity contribution in [1.29, 1.82) is 0 Å². The van der Waals surface area contributed by atoms with E-state index in [0.29, 0.717) is 5.75 Å². The Kier molecular flexibility index (Phi) is 8.48. The Morgan fingerprint density at radius 2 is 1.40 bits per heavy atom. The van der Waals surface area contributed by atoms with Crippen LogP contribution in [0.25, 0.3) is 0 Å². The van der Waals surface area contributed by atoms with E-state index in [0.717, 1.165) is 4.90 Å². The molecule has 0 bridgehead atoms. The number of rotatable bonds is 8. The molecule has 9 heteroatoms. The highest BCUT2D eigenvalue weighted by Crippen LogP contribution is 2.15. The second kappa shape index (κ2) is 10.3. The maximum absolute atomic E-state index is 11.7. The predicted molar refractivity (Wildman–Crippen MR) is 94.3 cm³/mol. The second-order valence-corrected chi connectivity index (χ2v) is 7.33. The third-order valence-electron chi connectivity index (χ3n) is 2.90. The Hall–Kier alpha value is -2.55. The van der Waals surface area contributed by atoms with E-state index < -0.39 is 17.8 Å². The van der Waals surface area contributed by atoms with Crippen LogP contribution in [0.1, 0.15) is 6.92 Å². The van der Waals surface area contributed by atoms with Crippen molar-refractivity contribution in [1.82, 2.24) is 16.0 Å². The largest absolute Gasteiger partial charge is 0.425 e. The van der Waals surface area contributed by atoms with Crippen molar-refractivity contribution < 1.29 is 23.9 Å². The zero-order valence-electron chi connectivity index (χ0n) is 14.4.